The molecule has 1 aliphatic heterocycles. The quantitative estimate of drug-likeness (QED) is 0.703. The largest absolute Gasteiger partial charge is 0.433 e. The summed E-state index contributed by atoms with van der Waals surface area (Å²) in [4.78, 5) is 22.0. The summed E-state index contributed by atoms with van der Waals surface area (Å²) in [6.07, 6.45) is -4.11. The van der Waals surface area contributed by atoms with Gasteiger partial charge in [0, 0.05) is 12.1 Å². The highest BCUT2D eigenvalue weighted by atomic mass is 32.2. The first-order valence-electron chi connectivity index (χ1n) is 9.67. The number of rotatable bonds is 4. The minimum Gasteiger partial charge on any atom is -0.384 e. The number of pyridine rings is 2. The third kappa shape index (κ3) is 4.79. The van der Waals surface area contributed by atoms with E-state index in [2.05, 4.69) is 9.97 Å². The molecule has 1 fully saturated rings. The molecule has 0 atom stereocenters. The highest BCUT2D eigenvalue weighted by molar-refractivity contribution is 7.90. The lowest BCUT2D eigenvalue weighted by Gasteiger charge is -2.34. The van der Waals surface area contributed by atoms with Crippen LogP contribution in [-0.2, 0) is 16.2 Å². The number of halogens is 3. The topological polar surface area (TPSA) is 118 Å². The second-order valence-electron chi connectivity index (χ2n) is 9.14. The Morgan fingerprint density at radius 3 is 2.31 bits per heavy atom. The van der Waals surface area contributed by atoms with Gasteiger partial charge in [0.05, 0.1) is 5.56 Å². The van der Waals surface area contributed by atoms with Crippen LogP contribution in [0.5, 0.6) is 0 Å². The van der Waals surface area contributed by atoms with E-state index in [0.29, 0.717) is 19.0 Å². The van der Waals surface area contributed by atoms with E-state index in [-0.39, 0.29) is 22.6 Å². The van der Waals surface area contributed by atoms with Crippen molar-refractivity contribution in [2.75, 3.05) is 17.2 Å². The number of carbonyl (C=O) groups is 1. The second-order valence-corrected chi connectivity index (χ2v) is 10.8. The van der Waals surface area contributed by atoms with Crippen LogP contribution >= 0.6 is 0 Å². The van der Waals surface area contributed by atoms with Crippen molar-refractivity contribution in [3.05, 3.63) is 41.6 Å². The summed E-state index contributed by atoms with van der Waals surface area (Å²) < 4.78 is 67.1. The van der Waals surface area contributed by atoms with Gasteiger partial charge >= 0.3 is 6.18 Å². The Bertz CT molecular complexity index is 1160. The molecular weight excluding hydrogens is 447 g/mol. The van der Waals surface area contributed by atoms with Crippen molar-refractivity contribution in [3.63, 3.8) is 0 Å². The average Bonchev–Trinajstić information content (AvgIpc) is 2.87. The van der Waals surface area contributed by atoms with Crippen molar-refractivity contribution in [3.8, 4) is 0 Å². The maximum absolute atomic E-state index is 13.4. The average molecular weight is 472 g/mol. The fourth-order valence-electron chi connectivity index (χ4n) is 4.13. The third-order valence-corrected chi connectivity index (χ3v) is 6.37. The molecule has 0 spiro atoms. The Morgan fingerprint density at radius 2 is 1.78 bits per heavy atom. The maximum atomic E-state index is 13.4. The fraction of sp³-hybridized carbons (Fsp3) is 0.450. The number of hydrogen-bond donors (Lipinski definition) is 2. The monoisotopic (exact) mass is 471 g/mol. The van der Waals surface area contributed by atoms with Crippen molar-refractivity contribution >= 4 is 27.6 Å². The van der Waals surface area contributed by atoms with E-state index in [4.69, 9.17) is 5.73 Å². The molecule has 0 aromatic carbocycles. The number of carbonyl (C=O) groups excluding carboxylic acids is 1. The molecule has 0 saturated carbocycles. The first-order chi connectivity index (χ1) is 14.5. The molecular formula is C20H24F3N5O3S. The lowest BCUT2D eigenvalue weighted by molar-refractivity contribution is -0.141. The minimum atomic E-state index is -4.74. The maximum Gasteiger partial charge on any atom is 0.433 e. The van der Waals surface area contributed by atoms with Gasteiger partial charge in [-0.2, -0.15) is 21.6 Å². The number of anilines is 2. The standard InChI is InChI=1S/C20H24F3N5O3S/c1-18(2)10-19(3,4)28(11-18)16-12(8-9-13(25-16)20(21,22)23)17(29)27-32(30,31)15-7-5-6-14(24)26-15/h5-9H,10-11H2,1-4H3,(H2,24,26)(H,27,29). The molecule has 0 aliphatic carbocycles. The summed E-state index contributed by atoms with van der Waals surface area (Å²) in [5.41, 5.74) is 3.15. The number of nitrogens with zero attached hydrogens (tertiary/aromatic N) is 3. The van der Waals surface area contributed by atoms with Crippen LogP contribution in [0.1, 0.15) is 50.2 Å². The molecule has 0 radical (unpaired) electrons. The van der Waals surface area contributed by atoms with E-state index in [1.165, 1.54) is 12.1 Å². The molecule has 0 bridgehead atoms. The molecule has 3 N–H and O–H groups in total. The molecule has 32 heavy (non-hydrogen) atoms. The van der Waals surface area contributed by atoms with E-state index in [0.717, 1.165) is 12.1 Å². The van der Waals surface area contributed by atoms with Crippen LogP contribution in [0.3, 0.4) is 0 Å². The third-order valence-electron chi connectivity index (χ3n) is 5.14. The van der Waals surface area contributed by atoms with Crippen LogP contribution in [0.4, 0.5) is 24.8 Å². The molecule has 8 nitrogen and oxygen atoms in total. The van der Waals surface area contributed by atoms with Crippen LogP contribution in [0.25, 0.3) is 0 Å². The summed E-state index contributed by atoms with van der Waals surface area (Å²) in [7, 11) is -4.42. The number of aromatic nitrogens is 2. The van der Waals surface area contributed by atoms with Crippen molar-refractivity contribution in [2.45, 2.75) is 50.9 Å². The molecule has 2 aromatic heterocycles. The number of sulfonamides is 1. The molecule has 1 aliphatic rings. The van der Waals surface area contributed by atoms with Crippen LogP contribution in [0, 0.1) is 5.41 Å². The summed E-state index contributed by atoms with van der Waals surface area (Å²) in [5, 5.41) is -0.491. The lowest BCUT2D eigenvalue weighted by Crippen LogP contribution is -2.41. The summed E-state index contributed by atoms with van der Waals surface area (Å²) in [5.74, 6) is -1.42. The Hall–Kier alpha value is -2.89. The number of nitrogen functional groups attached to an aromatic ring is 1. The highest BCUT2D eigenvalue weighted by Gasteiger charge is 2.45. The molecule has 12 heteroatoms. The van der Waals surface area contributed by atoms with Gasteiger partial charge in [0.2, 0.25) is 0 Å². The van der Waals surface area contributed by atoms with Gasteiger partial charge in [-0.05, 0) is 49.9 Å². The zero-order valence-corrected chi connectivity index (χ0v) is 18.8. The summed E-state index contributed by atoms with van der Waals surface area (Å²) >= 11 is 0. The van der Waals surface area contributed by atoms with Gasteiger partial charge in [-0.15, -0.1) is 0 Å². The van der Waals surface area contributed by atoms with Crippen molar-refractivity contribution < 1.29 is 26.4 Å². The Balaban J connectivity index is 2.07. The number of nitrogens with one attached hydrogen (secondary N) is 1. The lowest BCUT2D eigenvalue weighted by atomic mass is 9.86. The van der Waals surface area contributed by atoms with E-state index < -0.39 is 38.4 Å². The van der Waals surface area contributed by atoms with Gasteiger partial charge in [-0.25, -0.2) is 14.7 Å². The highest BCUT2D eigenvalue weighted by Crippen LogP contribution is 2.44. The van der Waals surface area contributed by atoms with E-state index in [9.17, 15) is 26.4 Å². The molecule has 174 valence electrons. The SMILES string of the molecule is CC1(C)CN(c2nc(C(F)(F)F)ccc2C(=O)NS(=O)(=O)c2cccc(N)n2)C(C)(C)C1. The number of alkyl halides is 3. The van der Waals surface area contributed by atoms with Crippen LogP contribution in [0.15, 0.2) is 35.4 Å². The van der Waals surface area contributed by atoms with Crippen molar-refractivity contribution in [1.29, 1.82) is 0 Å². The molecule has 3 heterocycles. The van der Waals surface area contributed by atoms with Crippen molar-refractivity contribution in [2.24, 2.45) is 5.41 Å². The van der Waals surface area contributed by atoms with Gasteiger partial charge in [0.1, 0.15) is 17.3 Å². The minimum absolute atomic E-state index is 0.0711. The zero-order valence-electron chi connectivity index (χ0n) is 18.0. The smallest absolute Gasteiger partial charge is 0.384 e. The Kier molecular flexibility index (Phi) is 5.65. The molecule has 0 unspecified atom stereocenters. The normalized spacial score (nSPS) is 17.9. The van der Waals surface area contributed by atoms with Crippen LogP contribution in [-0.4, -0.2) is 36.4 Å². The van der Waals surface area contributed by atoms with E-state index >= 15 is 0 Å². The van der Waals surface area contributed by atoms with Crippen LogP contribution in [0.2, 0.25) is 0 Å². The summed E-state index contributed by atoms with van der Waals surface area (Å²) in [6, 6.07) is 5.45. The Labute approximate surface area is 184 Å². The zero-order chi connectivity index (χ0) is 24.1. The number of hydrogen-bond acceptors (Lipinski definition) is 7. The van der Waals surface area contributed by atoms with Gasteiger partial charge < -0.3 is 10.6 Å². The molecule has 1 saturated heterocycles. The number of nitrogens with two attached hydrogens (primary N) is 1. The van der Waals surface area contributed by atoms with E-state index in [1.807, 2.05) is 32.4 Å². The van der Waals surface area contributed by atoms with Crippen LogP contribution < -0.4 is 15.4 Å². The predicted octanol–water partition coefficient (Wildman–Crippen LogP) is 3.21. The van der Waals surface area contributed by atoms with Gasteiger partial charge in [0.25, 0.3) is 15.9 Å². The van der Waals surface area contributed by atoms with Gasteiger partial charge in [0.15, 0.2) is 5.03 Å². The van der Waals surface area contributed by atoms with Gasteiger partial charge in [-0.1, -0.05) is 19.9 Å². The predicted molar refractivity (Wildman–Crippen MR) is 112 cm³/mol. The van der Waals surface area contributed by atoms with E-state index in [1.54, 1.807) is 4.90 Å². The first-order valence-corrected chi connectivity index (χ1v) is 11.2. The van der Waals surface area contributed by atoms with Crippen molar-refractivity contribution in [1.82, 2.24) is 14.7 Å². The second kappa shape index (κ2) is 7.61. The number of amides is 1. The molecule has 3 rings (SSSR count). The Morgan fingerprint density at radius 1 is 1.12 bits per heavy atom. The molecule has 1 amide bonds. The van der Waals surface area contributed by atoms with Gasteiger partial charge in [-0.3, -0.25) is 4.79 Å². The molecule has 2 aromatic rings. The summed E-state index contributed by atoms with van der Waals surface area (Å²) in [6.45, 7) is 7.91. The first kappa shape index (κ1) is 23.8. The fourth-order valence-corrected chi connectivity index (χ4v) is 5.07.